The summed E-state index contributed by atoms with van der Waals surface area (Å²) >= 11 is 0. The molecule has 1 atom stereocenters. The number of aromatic nitrogens is 3. The maximum Gasteiger partial charge on any atom is 0.110 e. The first-order valence-corrected chi connectivity index (χ1v) is 6.45. The molecule has 0 fully saturated rings. The van der Waals surface area contributed by atoms with Crippen molar-refractivity contribution < 1.29 is 0 Å². The molecule has 3 aromatic rings. The van der Waals surface area contributed by atoms with Crippen molar-refractivity contribution in [3.8, 4) is 0 Å². The Morgan fingerprint density at radius 2 is 2.26 bits per heavy atom. The van der Waals surface area contributed by atoms with Gasteiger partial charge in [0, 0.05) is 49.0 Å². The second kappa shape index (κ2) is 4.55. The van der Waals surface area contributed by atoms with Crippen LogP contribution in [0, 0.1) is 6.92 Å². The monoisotopic (exact) mass is 254 g/mol. The summed E-state index contributed by atoms with van der Waals surface area (Å²) in [6.45, 7) is 2.12. The predicted molar refractivity (Wildman–Crippen MR) is 76.9 cm³/mol. The molecule has 19 heavy (non-hydrogen) atoms. The molecular formula is C15H18N4. The van der Waals surface area contributed by atoms with Gasteiger partial charge in [-0.1, -0.05) is 12.1 Å². The largest absolute Gasteiger partial charge is 0.361 e. The Bertz CT molecular complexity index is 708. The highest BCUT2D eigenvalue weighted by molar-refractivity contribution is 5.86. The molecule has 0 aliphatic carbocycles. The maximum absolute atomic E-state index is 6.36. The minimum absolute atomic E-state index is 0.0454. The van der Waals surface area contributed by atoms with Crippen LogP contribution in [0.4, 0.5) is 0 Å². The van der Waals surface area contributed by atoms with Crippen LogP contribution < -0.4 is 5.73 Å². The third-order valence-electron chi connectivity index (χ3n) is 3.67. The highest BCUT2D eigenvalue weighted by Crippen LogP contribution is 2.27. The molecule has 0 aliphatic rings. The first kappa shape index (κ1) is 12.0. The Kier molecular flexibility index (Phi) is 2.87. The molecule has 0 amide bonds. The van der Waals surface area contributed by atoms with Crippen LogP contribution in [0.5, 0.6) is 0 Å². The Balaban J connectivity index is 1.98. The summed E-state index contributed by atoms with van der Waals surface area (Å²) in [5, 5.41) is 1.24. The summed E-state index contributed by atoms with van der Waals surface area (Å²) in [6.07, 6.45) is 6.51. The van der Waals surface area contributed by atoms with Crippen LogP contribution >= 0.6 is 0 Å². The molecule has 0 radical (unpaired) electrons. The van der Waals surface area contributed by atoms with Gasteiger partial charge in [0.25, 0.3) is 0 Å². The molecule has 3 rings (SSSR count). The molecule has 0 bridgehead atoms. The molecule has 0 saturated carbocycles. The van der Waals surface area contributed by atoms with E-state index in [4.69, 9.17) is 5.73 Å². The van der Waals surface area contributed by atoms with Gasteiger partial charge in [0.15, 0.2) is 0 Å². The maximum atomic E-state index is 6.36. The molecule has 4 heteroatoms. The molecule has 0 spiro atoms. The number of hydrogen-bond donors (Lipinski definition) is 2. The molecule has 4 nitrogen and oxygen atoms in total. The van der Waals surface area contributed by atoms with E-state index in [0.717, 1.165) is 23.3 Å². The van der Waals surface area contributed by atoms with Crippen LogP contribution in [0.15, 0.2) is 36.8 Å². The van der Waals surface area contributed by atoms with Crippen LogP contribution in [0.2, 0.25) is 0 Å². The van der Waals surface area contributed by atoms with Crippen LogP contribution in [0.1, 0.15) is 23.0 Å². The normalized spacial score (nSPS) is 13.0. The zero-order chi connectivity index (χ0) is 13.4. The highest BCUT2D eigenvalue weighted by Gasteiger charge is 2.15. The van der Waals surface area contributed by atoms with Gasteiger partial charge in [0.05, 0.1) is 0 Å². The molecule has 1 aromatic carbocycles. The first-order valence-electron chi connectivity index (χ1n) is 6.45. The molecular weight excluding hydrogens is 236 g/mol. The number of nitrogens with zero attached hydrogens (tertiary/aromatic N) is 2. The summed E-state index contributed by atoms with van der Waals surface area (Å²) in [5.41, 5.74) is 9.92. The average molecular weight is 254 g/mol. The lowest BCUT2D eigenvalue weighted by atomic mass is 10.0. The fourth-order valence-electron chi connectivity index (χ4n) is 2.59. The molecule has 3 N–H and O–H groups in total. The van der Waals surface area contributed by atoms with Crippen molar-refractivity contribution in [2.24, 2.45) is 12.8 Å². The summed E-state index contributed by atoms with van der Waals surface area (Å²) in [7, 11) is 2.00. The lowest BCUT2D eigenvalue weighted by Crippen LogP contribution is -2.15. The van der Waals surface area contributed by atoms with Crippen LogP contribution in [-0.2, 0) is 13.5 Å². The van der Waals surface area contributed by atoms with Gasteiger partial charge in [0.1, 0.15) is 5.82 Å². The van der Waals surface area contributed by atoms with E-state index in [-0.39, 0.29) is 6.04 Å². The topological polar surface area (TPSA) is 59.6 Å². The Hall–Kier alpha value is -2.07. The quantitative estimate of drug-likeness (QED) is 0.754. The van der Waals surface area contributed by atoms with E-state index < -0.39 is 0 Å². The molecule has 0 aliphatic heterocycles. The summed E-state index contributed by atoms with van der Waals surface area (Å²) in [6, 6.07) is 6.21. The van der Waals surface area contributed by atoms with E-state index in [1.165, 1.54) is 10.9 Å². The third kappa shape index (κ3) is 2.04. The van der Waals surface area contributed by atoms with Gasteiger partial charge in [-0.15, -0.1) is 0 Å². The molecule has 0 saturated heterocycles. The standard InChI is InChI=1S/C15H18N4/c1-10-4-3-5-13-15(10)11(9-18-13)12(16)8-14-17-6-7-19(14)2/h3-7,9,12,18H,8,16H2,1-2H3. The minimum Gasteiger partial charge on any atom is -0.361 e. The molecule has 2 heterocycles. The van der Waals surface area contributed by atoms with Gasteiger partial charge in [-0.05, 0) is 24.1 Å². The first-order chi connectivity index (χ1) is 9.16. The van der Waals surface area contributed by atoms with Gasteiger partial charge in [-0.25, -0.2) is 4.98 Å². The highest BCUT2D eigenvalue weighted by atomic mass is 15.0. The number of benzene rings is 1. The lowest BCUT2D eigenvalue weighted by molar-refractivity contribution is 0.663. The van der Waals surface area contributed by atoms with E-state index in [9.17, 15) is 0 Å². The lowest BCUT2D eigenvalue weighted by Gasteiger charge is -2.11. The van der Waals surface area contributed by atoms with Gasteiger partial charge < -0.3 is 15.3 Å². The van der Waals surface area contributed by atoms with Gasteiger partial charge in [-0.3, -0.25) is 0 Å². The Labute approximate surface area is 112 Å². The number of hydrogen-bond acceptors (Lipinski definition) is 2. The van der Waals surface area contributed by atoms with Crippen LogP contribution in [-0.4, -0.2) is 14.5 Å². The van der Waals surface area contributed by atoms with Gasteiger partial charge in [0.2, 0.25) is 0 Å². The van der Waals surface area contributed by atoms with Crippen molar-refractivity contribution in [3.05, 3.63) is 53.7 Å². The smallest absolute Gasteiger partial charge is 0.110 e. The number of imidazole rings is 1. The summed E-state index contributed by atoms with van der Waals surface area (Å²) in [4.78, 5) is 7.64. The number of aromatic amines is 1. The molecule has 2 aromatic heterocycles. The zero-order valence-electron chi connectivity index (χ0n) is 11.2. The zero-order valence-corrected chi connectivity index (χ0v) is 11.2. The summed E-state index contributed by atoms with van der Waals surface area (Å²) in [5.74, 6) is 1.01. The predicted octanol–water partition coefficient (Wildman–Crippen LogP) is 2.45. The second-order valence-electron chi connectivity index (χ2n) is 5.01. The van der Waals surface area contributed by atoms with Gasteiger partial charge >= 0.3 is 0 Å². The number of H-pyrrole nitrogens is 1. The van der Waals surface area contributed by atoms with Crippen LogP contribution in [0.25, 0.3) is 10.9 Å². The van der Waals surface area contributed by atoms with E-state index in [1.807, 2.05) is 30.2 Å². The van der Waals surface area contributed by atoms with Crippen molar-refractivity contribution in [2.45, 2.75) is 19.4 Å². The Morgan fingerprint density at radius 3 is 3.00 bits per heavy atom. The Morgan fingerprint density at radius 1 is 1.42 bits per heavy atom. The van der Waals surface area contributed by atoms with E-state index >= 15 is 0 Å². The third-order valence-corrected chi connectivity index (χ3v) is 3.67. The van der Waals surface area contributed by atoms with Crippen LogP contribution in [0.3, 0.4) is 0 Å². The average Bonchev–Trinajstić information content (AvgIpc) is 2.97. The second-order valence-corrected chi connectivity index (χ2v) is 5.01. The van der Waals surface area contributed by atoms with E-state index in [1.54, 1.807) is 0 Å². The number of aryl methyl sites for hydroxylation is 2. The van der Waals surface area contributed by atoms with Crippen molar-refractivity contribution in [1.82, 2.24) is 14.5 Å². The van der Waals surface area contributed by atoms with Gasteiger partial charge in [-0.2, -0.15) is 0 Å². The number of rotatable bonds is 3. The van der Waals surface area contributed by atoms with Crippen molar-refractivity contribution in [3.63, 3.8) is 0 Å². The van der Waals surface area contributed by atoms with Crippen molar-refractivity contribution >= 4 is 10.9 Å². The van der Waals surface area contributed by atoms with Crippen molar-refractivity contribution in [1.29, 1.82) is 0 Å². The number of fused-ring (bicyclic) bond motifs is 1. The fourth-order valence-corrected chi connectivity index (χ4v) is 2.59. The number of nitrogens with one attached hydrogen (secondary N) is 1. The molecule has 98 valence electrons. The van der Waals surface area contributed by atoms with E-state index in [0.29, 0.717) is 0 Å². The summed E-state index contributed by atoms with van der Waals surface area (Å²) < 4.78 is 2.02. The van der Waals surface area contributed by atoms with Crippen molar-refractivity contribution in [2.75, 3.05) is 0 Å². The number of nitrogens with two attached hydrogens (primary N) is 1. The SMILES string of the molecule is Cc1cccc2[nH]cc(C(N)Cc3nccn3C)c12. The molecule has 1 unspecified atom stereocenters. The van der Waals surface area contributed by atoms with E-state index in [2.05, 4.69) is 35.1 Å². The minimum atomic E-state index is -0.0454. The fraction of sp³-hybridized carbons (Fsp3) is 0.267.